The van der Waals surface area contributed by atoms with E-state index in [0.29, 0.717) is 11.1 Å². The molecule has 1 heterocycles. The zero-order chi connectivity index (χ0) is 15.8. The first-order valence-electron chi connectivity index (χ1n) is 8.15. The molecule has 1 aliphatic heterocycles. The fourth-order valence-electron chi connectivity index (χ4n) is 2.97. The molecule has 1 unspecified atom stereocenters. The molecule has 1 aliphatic rings. The molecule has 1 atom stereocenters. The quantitative estimate of drug-likeness (QED) is 0.776. The van der Waals surface area contributed by atoms with Crippen molar-refractivity contribution < 1.29 is 9.90 Å². The number of piperidine rings is 1. The molecular formula is C17H35NO2. The molecule has 3 nitrogen and oxygen atoms in total. The molecule has 0 spiro atoms. The summed E-state index contributed by atoms with van der Waals surface area (Å²) in [4.78, 5) is 10.4. The molecule has 0 aromatic heterocycles. The van der Waals surface area contributed by atoms with E-state index in [1.807, 2.05) is 6.92 Å². The van der Waals surface area contributed by atoms with Gasteiger partial charge in [0, 0.05) is 11.1 Å². The van der Waals surface area contributed by atoms with Crippen molar-refractivity contribution in [3.63, 3.8) is 0 Å². The summed E-state index contributed by atoms with van der Waals surface area (Å²) in [5.74, 6) is -0.754. The van der Waals surface area contributed by atoms with Crippen molar-refractivity contribution in [3.05, 3.63) is 0 Å². The van der Waals surface area contributed by atoms with E-state index in [0.717, 1.165) is 25.7 Å². The van der Waals surface area contributed by atoms with Crippen LogP contribution in [0, 0.1) is 5.92 Å². The van der Waals surface area contributed by atoms with Crippen molar-refractivity contribution in [2.75, 3.05) is 0 Å². The van der Waals surface area contributed by atoms with Crippen LogP contribution in [0.15, 0.2) is 0 Å². The maximum Gasteiger partial charge on any atom is 0.306 e. The second kappa shape index (κ2) is 8.66. The Morgan fingerprint density at radius 3 is 1.90 bits per heavy atom. The topological polar surface area (TPSA) is 49.3 Å². The minimum atomic E-state index is -0.643. The molecule has 0 saturated carbocycles. The zero-order valence-electron chi connectivity index (χ0n) is 14.4. The second-order valence-electron chi connectivity index (χ2n) is 7.33. The third-order valence-electron chi connectivity index (χ3n) is 4.03. The van der Waals surface area contributed by atoms with E-state index in [1.54, 1.807) is 0 Å². The van der Waals surface area contributed by atoms with Crippen molar-refractivity contribution in [3.8, 4) is 0 Å². The van der Waals surface area contributed by atoms with Gasteiger partial charge < -0.3 is 10.4 Å². The number of hydrogen-bond donors (Lipinski definition) is 2. The van der Waals surface area contributed by atoms with Gasteiger partial charge in [-0.05, 0) is 59.8 Å². The van der Waals surface area contributed by atoms with Gasteiger partial charge in [-0.25, -0.2) is 0 Å². The minimum Gasteiger partial charge on any atom is -0.481 e. The maximum atomic E-state index is 10.4. The highest BCUT2D eigenvalue weighted by molar-refractivity contribution is 5.69. The van der Waals surface area contributed by atoms with Gasteiger partial charge in [0.2, 0.25) is 0 Å². The van der Waals surface area contributed by atoms with Gasteiger partial charge in [-0.2, -0.15) is 0 Å². The zero-order valence-corrected chi connectivity index (χ0v) is 14.4. The lowest BCUT2D eigenvalue weighted by Gasteiger charge is -2.42. The van der Waals surface area contributed by atoms with Gasteiger partial charge in [0.05, 0.1) is 5.92 Å². The normalized spacial score (nSPS) is 21.5. The highest BCUT2D eigenvalue weighted by Gasteiger charge is 2.31. The number of unbranched alkanes of at least 4 members (excludes halogenated alkanes) is 1. The lowest BCUT2D eigenvalue weighted by atomic mass is 9.83. The first kappa shape index (κ1) is 19.4. The molecule has 2 N–H and O–H groups in total. The average molecular weight is 285 g/mol. The molecule has 1 fully saturated rings. The fraction of sp³-hybridized carbons (Fsp3) is 0.941. The maximum absolute atomic E-state index is 10.4. The van der Waals surface area contributed by atoms with Crippen LogP contribution in [0.5, 0.6) is 0 Å². The predicted molar refractivity (Wildman–Crippen MR) is 86.1 cm³/mol. The summed E-state index contributed by atoms with van der Waals surface area (Å²) in [7, 11) is 0. The van der Waals surface area contributed by atoms with E-state index < -0.39 is 5.97 Å². The summed E-state index contributed by atoms with van der Waals surface area (Å²) in [6.07, 6.45) is 7.71. The number of aliphatic carboxylic acids is 1. The van der Waals surface area contributed by atoms with E-state index in [9.17, 15) is 4.79 Å². The van der Waals surface area contributed by atoms with Crippen molar-refractivity contribution in [1.29, 1.82) is 0 Å². The first-order chi connectivity index (χ1) is 9.13. The third-order valence-corrected chi connectivity index (χ3v) is 4.03. The Bertz CT molecular complexity index is 271. The predicted octanol–water partition coefficient (Wildman–Crippen LogP) is 4.60. The summed E-state index contributed by atoms with van der Waals surface area (Å²) in [6, 6.07) is 0. The van der Waals surface area contributed by atoms with Gasteiger partial charge in [-0.15, -0.1) is 0 Å². The van der Waals surface area contributed by atoms with Crippen LogP contribution in [0.4, 0.5) is 0 Å². The van der Waals surface area contributed by atoms with Crippen LogP contribution in [-0.2, 0) is 4.79 Å². The van der Waals surface area contributed by atoms with Crippen molar-refractivity contribution >= 4 is 5.97 Å². The van der Waals surface area contributed by atoms with Crippen LogP contribution in [-0.4, -0.2) is 22.2 Å². The van der Waals surface area contributed by atoms with Crippen molar-refractivity contribution in [1.82, 2.24) is 5.32 Å². The monoisotopic (exact) mass is 285 g/mol. The molecule has 0 aliphatic carbocycles. The molecule has 1 saturated heterocycles. The number of carboxylic acids is 1. The van der Waals surface area contributed by atoms with Gasteiger partial charge in [-0.1, -0.05) is 26.7 Å². The summed E-state index contributed by atoms with van der Waals surface area (Å²) < 4.78 is 0. The minimum absolute atomic E-state index is 0.111. The summed E-state index contributed by atoms with van der Waals surface area (Å²) in [5.41, 5.74) is 0.726. The van der Waals surface area contributed by atoms with E-state index in [-0.39, 0.29) is 5.92 Å². The van der Waals surface area contributed by atoms with Crippen molar-refractivity contribution in [2.45, 2.75) is 97.6 Å². The first-order valence-corrected chi connectivity index (χ1v) is 8.15. The fourth-order valence-corrected chi connectivity index (χ4v) is 2.97. The Morgan fingerprint density at radius 1 is 1.15 bits per heavy atom. The summed E-state index contributed by atoms with van der Waals surface area (Å²) >= 11 is 0. The van der Waals surface area contributed by atoms with Gasteiger partial charge in [-0.3, -0.25) is 4.79 Å². The highest BCUT2D eigenvalue weighted by Crippen LogP contribution is 2.27. The van der Waals surface area contributed by atoms with Crippen LogP contribution in [0.1, 0.15) is 86.5 Å². The van der Waals surface area contributed by atoms with E-state index >= 15 is 0 Å². The lowest BCUT2D eigenvalue weighted by molar-refractivity contribution is -0.142. The van der Waals surface area contributed by atoms with Crippen LogP contribution >= 0.6 is 0 Å². The van der Waals surface area contributed by atoms with Gasteiger partial charge in [0.1, 0.15) is 0 Å². The van der Waals surface area contributed by atoms with E-state index in [1.165, 1.54) is 19.3 Å². The highest BCUT2D eigenvalue weighted by atomic mass is 16.4. The molecule has 1 rings (SSSR count). The van der Waals surface area contributed by atoms with Crippen molar-refractivity contribution in [2.24, 2.45) is 5.92 Å². The smallest absolute Gasteiger partial charge is 0.306 e. The van der Waals surface area contributed by atoms with Gasteiger partial charge in [0.25, 0.3) is 0 Å². The number of nitrogens with one attached hydrogen (secondary N) is 1. The van der Waals surface area contributed by atoms with Gasteiger partial charge >= 0.3 is 5.97 Å². The van der Waals surface area contributed by atoms with Crippen LogP contribution in [0.3, 0.4) is 0 Å². The molecule has 0 bridgehead atoms. The summed E-state index contributed by atoms with van der Waals surface area (Å²) in [6.45, 7) is 13.1. The standard InChI is InChI=1S/C9H19N.C8H16O2/c1-8(2)6-5-7-9(3,4)10-8;1-3-5-6-7(4-2)8(9)10/h10H,5-7H2,1-4H3;7H,3-6H2,1-2H3,(H,9,10). The van der Waals surface area contributed by atoms with Crippen LogP contribution in [0.2, 0.25) is 0 Å². The number of carboxylic acid groups (broad SMARTS) is 1. The molecule has 0 radical (unpaired) electrons. The molecule has 0 aromatic rings. The molecule has 0 amide bonds. The number of hydrogen-bond acceptors (Lipinski definition) is 2. The summed E-state index contributed by atoms with van der Waals surface area (Å²) in [5, 5.41) is 12.2. The molecule has 120 valence electrons. The second-order valence-corrected chi connectivity index (χ2v) is 7.33. The average Bonchev–Trinajstić information content (AvgIpc) is 2.27. The molecular weight excluding hydrogens is 250 g/mol. The Labute approximate surface area is 125 Å². The Morgan fingerprint density at radius 2 is 1.65 bits per heavy atom. The molecule has 0 aromatic carbocycles. The van der Waals surface area contributed by atoms with Crippen LogP contribution < -0.4 is 5.32 Å². The SMILES string of the molecule is CC1(C)CCCC(C)(C)N1.CCCCC(CC)C(=O)O. The lowest BCUT2D eigenvalue weighted by Crippen LogP contribution is -2.55. The van der Waals surface area contributed by atoms with Crippen LogP contribution in [0.25, 0.3) is 0 Å². The molecule has 20 heavy (non-hydrogen) atoms. The number of carbonyl (C=O) groups is 1. The van der Waals surface area contributed by atoms with E-state index in [4.69, 9.17) is 5.11 Å². The molecule has 3 heteroatoms. The van der Waals surface area contributed by atoms with Gasteiger partial charge in [0.15, 0.2) is 0 Å². The van der Waals surface area contributed by atoms with E-state index in [2.05, 4.69) is 39.9 Å². The Balaban J connectivity index is 0.000000361. The third kappa shape index (κ3) is 8.57. The number of rotatable bonds is 5. The Kier molecular flexibility index (Phi) is 8.41. The largest absolute Gasteiger partial charge is 0.481 e. The Hall–Kier alpha value is -0.570.